The van der Waals surface area contributed by atoms with Crippen molar-refractivity contribution in [1.29, 1.82) is 0 Å². The van der Waals surface area contributed by atoms with Gasteiger partial charge in [-0.25, -0.2) is 0 Å². The topological polar surface area (TPSA) is 98.7 Å². The van der Waals surface area contributed by atoms with Crippen LogP contribution in [0, 0.1) is 58.2 Å². The van der Waals surface area contributed by atoms with E-state index in [9.17, 15) is 9.59 Å². The molecule has 0 saturated heterocycles. The molecule has 0 heterocycles. The van der Waals surface area contributed by atoms with Crippen LogP contribution in [0.5, 0.6) is 0 Å². The highest BCUT2D eigenvalue weighted by molar-refractivity contribution is 5.77. The van der Waals surface area contributed by atoms with Crippen LogP contribution in [0.15, 0.2) is 11.6 Å². The number of nitrogens with zero attached hydrogens (tertiary/aromatic N) is 1. The van der Waals surface area contributed by atoms with E-state index in [1.54, 1.807) is 5.57 Å². The summed E-state index contributed by atoms with van der Waals surface area (Å²) in [5, 5.41) is 0. The van der Waals surface area contributed by atoms with Crippen molar-refractivity contribution in [2.75, 3.05) is 13.1 Å². The summed E-state index contributed by atoms with van der Waals surface area (Å²) >= 11 is 0. The Kier molecular flexibility index (Phi) is 12.5. The standard InChI is InChI=1S/C44H75N3O3/c1-29(2)8-6-9-30(3)38-14-15-39-37-13-12-33-28-36(16-20-43(33,4)40(37)17-21-44(38,39)5)50-42(49)11-7-10-41(48)47(22-18-31-24-34(45)25-31)23-19-32-26-35(46)27-32/h12,29-32,34-40H,6-11,13-28,45-46H2,1-5H3/t30-,31?,32?,34?,35?,36+,37+,38-,39+,40+,43+,44-/m1/s1. The van der Waals surface area contributed by atoms with Crippen LogP contribution in [0.4, 0.5) is 0 Å². The lowest BCUT2D eigenvalue weighted by Crippen LogP contribution is -2.51. The van der Waals surface area contributed by atoms with Crippen LogP contribution in [0.25, 0.3) is 0 Å². The van der Waals surface area contributed by atoms with Gasteiger partial charge in [-0.05, 0) is 148 Å². The molecular weight excluding hydrogens is 619 g/mol. The Morgan fingerprint density at radius 2 is 1.54 bits per heavy atom. The lowest BCUT2D eigenvalue weighted by molar-refractivity contribution is -0.151. The molecule has 0 radical (unpaired) electrons. The quantitative estimate of drug-likeness (QED) is 0.124. The molecule has 8 atom stereocenters. The summed E-state index contributed by atoms with van der Waals surface area (Å²) in [5.74, 6) is 6.42. The van der Waals surface area contributed by atoms with Gasteiger partial charge in [-0.3, -0.25) is 9.59 Å². The highest BCUT2D eigenvalue weighted by Crippen LogP contribution is 2.67. The molecule has 50 heavy (non-hydrogen) atoms. The Labute approximate surface area is 306 Å². The van der Waals surface area contributed by atoms with Gasteiger partial charge in [0.05, 0.1) is 0 Å². The number of rotatable bonds is 16. The van der Waals surface area contributed by atoms with Crippen molar-refractivity contribution in [3.63, 3.8) is 0 Å². The minimum Gasteiger partial charge on any atom is -0.462 e. The molecule has 6 heteroatoms. The van der Waals surface area contributed by atoms with E-state index in [4.69, 9.17) is 16.2 Å². The van der Waals surface area contributed by atoms with Crippen molar-refractivity contribution >= 4 is 11.9 Å². The normalized spacial score (nSPS) is 39.7. The number of esters is 1. The SMILES string of the molecule is CC(C)CCC[C@@H](C)[C@H]1CC[C@H]2[C@@H]3CC=C4C[C@@H](OC(=O)CCCC(=O)N(CCC5CC(N)C5)CCC5CC(N)C5)CC[C@]4(C)[C@H]3CC[C@]12C. The number of ether oxygens (including phenoxy) is 1. The van der Waals surface area contributed by atoms with Crippen molar-refractivity contribution < 1.29 is 14.3 Å². The predicted molar refractivity (Wildman–Crippen MR) is 204 cm³/mol. The molecule has 0 aliphatic heterocycles. The zero-order valence-corrected chi connectivity index (χ0v) is 32.8. The largest absolute Gasteiger partial charge is 0.462 e. The number of carbonyl (C=O) groups excluding carboxylic acids is 2. The molecule has 6 nitrogen and oxygen atoms in total. The van der Waals surface area contributed by atoms with Crippen molar-refractivity contribution in [3.8, 4) is 0 Å². The van der Waals surface area contributed by atoms with Crippen LogP contribution in [0.3, 0.4) is 0 Å². The molecule has 6 rings (SSSR count). The van der Waals surface area contributed by atoms with Crippen LogP contribution >= 0.6 is 0 Å². The second kappa shape index (κ2) is 16.3. The number of allylic oxidation sites excluding steroid dienone is 1. The van der Waals surface area contributed by atoms with E-state index in [2.05, 4.69) is 45.6 Å². The minimum absolute atomic E-state index is 0.00956. The summed E-state index contributed by atoms with van der Waals surface area (Å²) in [7, 11) is 0. The number of nitrogens with two attached hydrogens (primary N) is 2. The Hall–Kier alpha value is -1.40. The number of hydrogen-bond donors (Lipinski definition) is 2. The lowest BCUT2D eigenvalue weighted by atomic mass is 9.47. The summed E-state index contributed by atoms with van der Waals surface area (Å²) in [5.41, 5.74) is 14.4. The van der Waals surface area contributed by atoms with Gasteiger partial charge in [0.2, 0.25) is 5.91 Å². The Balaban J connectivity index is 0.957. The number of amides is 1. The first kappa shape index (κ1) is 38.3. The molecule has 5 fully saturated rings. The maximum Gasteiger partial charge on any atom is 0.306 e. The van der Waals surface area contributed by atoms with E-state index in [1.165, 1.54) is 51.4 Å². The van der Waals surface area contributed by atoms with Crippen LogP contribution in [-0.4, -0.2) is 48.1 Å². The maximum absolute atomic E-state index is 13.3. The second-order valence-corrected chi connectivity index (χ2v) is 19.7. The zero-order valence-electron chi connectivity index (χ0n) is 32.8. The van der Waals surface area contributed by atoms with Crippen LogP contribution in [0.1, 0.15) is 163 Å². The summed E-state index contributed by atoms with van der Waals surface area (Å²) in [6.45, 7) is 14.2. The zero-order chi connectivity index (χ0) is 35.6. The van der Waals surface area contributed by atoms with Crippen molar-refractivity contribution in [2.45, 2.75) is 181 Å². The summed E-state index contributed by atoms with van der Waals surface area (Å²) < 4.78 is 6.13. The molecule has 284 valence electrons. The first-order valence-electron chi connectivity index (χ1n) is 21.5. The van der Waals surface area contributed by atoms with E-state index in [1.807, 2.05) is 0 Å². The van der Waals surface area contributed by atoms with Crippen molar-refractivity contribution in [3.05, 3.63) is 11.6 Å². The third-order valence-electron chi connectivity index (χ3n) is 15.8. The molecule has 0 spiro atoms. The highest BCUT2D eigenvalue weighted by Gasteiger charge is 2.59. The van der Waals surface area contributed by atoms with Gasteiger partial charge in [-0.15, -0.1) is 0 Å². The summed E-state index contributed by atoms with van der Waals surface area (Å²) in [4.78, 5) is 28.4. The van der Waals surface area contributed by atoms with Gasteiger partial charge in [-0.2, -0.15) is 0 Å². The molecule has 6 aliphatic carbocycles. The molecule has 0 unspecified atom stereocenters. The Bertz CT molecular complexity index is 1170. The summed E-state index contributed by atoms with van der Waals surface area (Å²) in [6, 6.07) is 0.690. The number of hydrogen-bond acceptors (Lipinski definition) is 5. The smallest absolute Gasteiger partial charge is 0.306 e. The van der Waals surface area contributed by atoms with Gasteiger partial charge in [0, 0.05) is 44.4 Å². The Morgan fingerprint density at radius 3 is 2.18 bits per heavy atom. The molecule has 0 aromatic carbocycles. The first-order valence-corrected chi connectivity index (χ1v) is 21.5. The van der Waals surface area contributed by atoms with E-state index >= 15 is 0 Å². The molecule has 1 amide bonds. The average molecular weight is 694 g/mol. The molecular formula is C44H75N3O3. The van der Waals surface area contributed by atoms with Gasteiger partial charge in [0.1, 0.15) is 6.10 Å². The van der Waals surface area contributed by atoms with Crippen LogP contribution in [0.2, 0.25) is 0 Å². The molecule has 5 saturated carbocycles. The third kappa shape index (κ3) is 8.53. The number of fused-ring (bicyclic) bond motifs is 5. The lowest BCUT2D eigenvalue weighted by Gasteiger charge is -2.58. The fourth-order valence-corrected chi connectivity index (χ4v) is 12.6. The maximum atomic E-state index is 13.3. The van der Waals surface area contributed by atoms with E-state index in [-0.39, 0.29) is 23.4 Å². The third-order valence-corrected chi connectivity index (χ3v) is 15.8. The molecule has 0 aromatic rings. The van der Waals surface area contributed by atoms with Gasteiger partial charge in [0.15, 0.2) is 0 Å². The van der Waals surface area contributed by atoms with Gasteiger partial charge in [-0.1, -0.05) is 65.5 Å². The van der Waals surface area contributed by atoms with E-state index < -0.39 is 0 Å². The summed E-state index contributed by atoms with van der Waals surface area (Å²) in [6.07, 6.45) is 24.4. The van der Waals surface area contributed by atoms with E-state index in [0.717, 1.165) is 106 Å². The van der Waals surface area contributed by atoms with E-state index in [0.29, 0.717) is 48.6 Å². The highest BCUT2D eigenvalue weighted by atomic mass is 16.5. The number of carbonyl (C=O) groups is 2. The van der Waals surface area contributed by atoms with Crippen molar-refractivity contribution in [2.24, 2.45) is 69.6 Å². The molecule has 0 aromatic heterocycles. The minimum atomic E-state index is -0.118. The second-order valence-electron chi connectivity index (χ2n) is 19.7. The first-order chi connectivity index (χ1) is 23.9. The predicted octanol–water partition coefficient (Wildman–Crippen LogP) is 9.19. The van der Waals surface area contributed by atoms with Crippen molar-refractivity contribution in [1.82, 2.24) is 4.90 Å². The molecule has 4 N–H and O–H groups in total. The molecule has 6 aliphatic rings. The monoisotopic (exact) mass is 694 g/mol. The van der Waals surface area contributed by atoms with Gasteiger partial charge in [0.25, 0.3) is 0 Å². The van der Waals surface area contributed by atoms with Crippen LogP contribution < -0.4 is 11.5 Å². The van der Waals surface area contributed by atoms with Gasteiger partial charge < -0.3 is 21.1 Å². The fraction of sp³-hybridized carbons (Fsp3) is 0.909. The van der Waals surface area contributed by atoms with Crippen LogP contribution in [-0.2, 0) is 14.3 Å². The fourth-order valence-electron chi connectivity index (χ4n) is 12.6. The average Bonchev–Trinajstić information content (AvgIpc) is 3.40. The van der Waals surface area contributed by atoms with Gasteiger partial charge >= 0.3 is 5.97 Å². The Morgan fingerprint density at radius 1 is 0.860 bits per heavy atom. The molecule has 0 bridgehead atoms.